The Hall–Kier alpha value is -1.14. The molecule has 0 spiro atoms. The second-order valence-corrected chi connectivity index (χ2v) is 6.37. The summed E-state index contributed by atoms with van der Waals surface area (Å²) in [4.78, 5) is 18.2. The molecule has 0 radical (unpaired) electrons. The molecular weight excluding hydrogens is 329 g/mol. The first kappa shape index (κ1) is 16.2. The average Bonchev–Trinajstić information content (AvgIpc) is 2.94. The van der Waals surface area contributed by atoms with Gasteiger partial charge in [0, 0.05) is 29.0 Å². The summed E-state index contributed by atoms with van der Waals surface area (Å²) in [5.41, 5.74) is 6.76. The fourth-order valence-corrected chi connectivity index (χ4v) is 3.12. The largest absolute Gasteiger partial charge is 0.334 e. The first-order valence-electron chi connectivity index (χ1n) is 6.30. The van der Waals surface area contributed by atoms with Crippen LogP contribution in [0.5, 0.6) is 0 Å². The molecule has 0 aliphatic heterocycles. The summed E-state index contributed by atoms with van der Waals surface area (Å²) < 4.78 is 0. The molecule has 2 N–H and O–H groups in total. The number of thiazole rings is 1. The quantitative estimate of drug-likeness (QED) is 0.919. The number of nitrogens with two attached hydrogens (primary N) is 1. The SMILES string of the molecule is C[C@@H](c1ccc(Cl)cc1Cl)N(C)C(=O)c1csc(CN)n1. The predicted octanol–water partition coefficient (Wildman–Crippen LogP) is 3.74. The van der Waals surface area contributed by atoms with E-state index in [1.807, 2.05) is 13.0 Å². The van der Waals surface area contributed by atoms with Crippen molar-refractivity contribution in [1.29, 1.82) is 0 Å². The number of aromatic nitrogens is 1. The second-order valence-electron chi connectivity index (χ2n) is 4.59. The van der Waals surface area contributed by atoms with Crippen molar-refractivity contribution in [3.05, 3.63) is 49.9 Å². The van der Waals surface area contributed by atoms with Crippen molar-refractivity contribution in [3.63, 3.8) is 0 Å². The van der Waals surface area contributed by atoms with Crippen molar-refractivity contribution >= 4 is 40.4 Å². The number of benzene rings is 1. The van der Waals surface area contributed by atoms with Crippen molar-refractivity contribution in [2.75, 3.05) is 7.05 Å². The van der Waals surface area contributed by atoms with Gasteiger partial charge >= 0.3 is 0 Å². The number of carbonyl (C=O) groups excluding carboxylic acids is 1. The lowest BCUT2D eigenvalue weighted by atomic mass is 10.1. The zero-order valence-electron chi connectivity index (χ0n) is 11.6. The number of carbonyl (C=O) groups is 1. The van der Waals surface area contributed by atoms with Crippen LogP contribution in [0.4, 0.5) is 0 Å². The van der Waals surface area contributed by atoms with Crippen molar-refractivity contribution in [2.24, 2.45) is 5.73 Å². The van der Waals surface area contributed by atoms with Crippen LogP contribution in [-0.2, 0) is 6.54 Å². The van der Waals surface area contributed by atoms with Gasteiger partial charge in [-0.05, 0) is 24.6 Å². The van der Waals surface area contributed by atoms with Crippen LogP contribution in [0.25, 0.3) is 0 Å². The molecule has 1 amide bonds. The Bertz CT molecular complexity index is 659. The van der Waals surface area contributed by atoms with Gasteiger partial charge in [-0.3, -0.25) is 4.79 Å². The maximum absolute atomic E-state index is 12.4. The smallest absolute Gasteiger partial charge is 0.273 e. The van der Waals surface area contributed by atoms with E-state index in [4.69, 9.17) is 28.9 Å². The molecule has 1 heterocycles. The number of nitrogens with zero attached hydrogens (tertiary/aromatic N) is 2. The maximum atomic E-state index is 12.4. The molecule has 1 aromatic carbocycles. The average molecular weight is 344 g/mol. The minimum absolute atomic E-state index is 0.163. The third-order valence-electron chi connectivity index (χ3n) is 3.26. The van der Waals surface area contributed by atoms with Crippen molar-refractivity contribution in [1.82, 2.24) is 9.88 Å². The molecule has 2 rings (SSSR count). The Morgan fingerprint density at radius 3 is 2.76 bits per heavy atom. The van der Waals surface area contributed by atoms with Gasteiger partial charge in [-0.1, -0.05) is 29.3 Å². The second kappa shape index (κ2) is 6.75. The number of halogens is 2. The van der Waals surface area contributed by atoms with Gasteiger partial charge in [0.1, 0.15) is 10.7 Å². The Balaban J connectivity index is 2.21. The summed E-state index contributed by atoms with van der Waals surface area (Å²) in [5, 5.41) is 3.56. The highest BCUT2D eigenvalue weighted by molar-refractivity contribution is 7.09. The molecule has 0 unspecified atom stereocenters. The Kier molecular flexibility index (Phi) is 5.22. The van der Waals surface area contributed by atoms with E-state index in [2.05, 4.69) is 4.98 Å². The molecule has 2 aromatic rings. The summed E-state index contributed by atoms with van der Waals surface area (Å²) >= 11 is 13.5. The van der Waals surface area contributed by atoms with E-state index in [1.54, 1.807) is 29.5 Å². The molecule has 0 fully saturated rings. The van der Waals surface area contributed by atoms with Gasteiger partial charge in [0.15, 0.2) is 0 Å². The van der Waals surface area contributed by atoms with E-state index in [1.165, 1.54) is 11.3 Å². The van der Waals surface area contributed by atoms with E-state index in [0.29, 0.717) is 22.3 Å². The van der Waals surface area contributed by atoms with E-state index in [0.717, 1.165) is 10.6 Å². The van der Waals surface area contributed by atoms with Gasteiger partial charge < -0.3 is 10.6 Å². The Morgan fingerprint density at radius 1 is 1.48 bits per heavy atom. The number of rotatable bonds is 4. The third kappa shape index (κ3) is 3.55. The molecule has 21 heavy (non-hydrogen) atoms. The fourth-order valence-electron chi connectivity index (χ4n) is 1.91. The lowest BCUT2D eigenvalue weighted by molar-refractivity contribution is 0.0737. The topological polar surface area (TPSA) is 59.2 Å². The van der Waals surface area contributed by atoms with Crippen molar-refractivity contribution in [3.8, 4) is 0 Å². The molecule has 0 aliphatic carbocycles. The fraction of sp³-hybridized carbons (Fsp3) is 0.286. The van der Waals surface area contributed by atoms with E-state index in [-0.39, 0.29) is 11.9 Å². The molecule has 4 nitrogen and oxygen atoms in total. The lowest BCUT2D eigenvalue weighted by Crippen LogP contribution is -2.30. The molecule has 0 bridgehead atoms. The van der Waals surface area contributed by atoms with Crippen LogP contribution in [0.15, 0.2) is 23.6 Å². The van der Waals surface area contributed by atoms with Crippen LogP contribution in [0.2, 0.25) is 10.0 Å². The highest BCUT2D eigenvalue weighted by atomic mass is 35.5. The molecule has 0 saturated carbocycles. The van der Waals surface area contributed by atoms with Gasteiger partial charge in [-0.2, -0.15) is 0 Å². The van der Waals surface area contributed by atoms with Gasteiger partial charge in [0.05, 0.1) is 6.04 Å². The number of amides is 1. The summed E-state index contributed by atoms with van der Waals surface area (Å²) in [6, 6.07) is 5.06. The number of hydrogen-bond acceptors (Lipinski definition) is 4. The zero-order valence-corrected chi connectivity index (χ0v) is 14.0. The maximum Gasteiger partial charge on any atom is 0.273 e. The highest BCUT2D eigenvalue weighted by Gasteiger charge is 2.22. The molecular formula is C14H15Cl2N3OS. The first-order valence-corrected chi connectivity index (χ1v) is 7.94. The van der Waals surface area contributed by atoms with Gasteiger partial charge in [0.2, 0.25) is 0 Å². The van der Waals surface area contributed by atoms with Crippen LogP contribution in [-0.4, -0.2) is 22.8 Å². The van der Waals surface area contributed by atoms with E-state index >= 15 is 0 Å². The Labute approximate surface area is 137 Å². The van der Waals surface area contributed by atoms with Crippen LogP contribution in [0.3, 0.4) is 0 Å². The molecule has 0 saturated heterocycles. The molecule has 7 heteroatoms. The lowest BCUT2D eigenvalue weighted by Gasteiger charge is -2.25. The minimum atomic E-state index is -0.190. The van der Waals surface area contributed by atoms with Crippen LogP contribution in [0, 0.1) is 0 Å². The molecule has 1 atom stereocenters. The summed E-state index contributed by atoms with van der Waals surface area (Å²) in [6.07, 6.45) is 0. The summed E-state index contributed by atoms with van der Waals surface area (Å²) in [6.45, 7) is 2.24. The van der Waals surface area contributed by atoms with Gasteiger partial charge in [-0.15, -0.1) is 11.3 Å². The third-order valence-corrected chi connectivity index (χ3v) is 4.69. The monoisotopic (exact) mass is 343 g/mol. The van der Waals surface area contributed by atoms with Crippen molar-refractivity contribution in [2.45, 2.75) is 19.5 Å². The van der Waals surface area contributed by atoms with Gasteiger partial charge in [0.25, 0.3) is 5.91 Å². The van der Waals surface area contributed by atoms with Crippen molar-refractivity contribution < 1.29 is 4.79 Å². The van der Waals surface area contributed by atoms with Crippen LogP contribution >= 0.6 is 34.5 Å². The zero-order chi connectivity index (χ0) is 15.6. The minimum Gasteiger partial charge on any atom is -0.334 e. The normalized spacial score (nSPS) is 12.2. The molecule has 112 valence electrons. The highest BCUT2D eigenvalue weighted by Crippen LogP contribution is 2.29. The van der Waals surface area contributed by atoms with E-state index < -0.39 is 0 Å². The number of hydrogen-bond donors (Lipinski definition) is 1. The van der Waals surface area contributed by atoms with E-state index in [9.17, 15) is 4.79 Å². The van der Waals surface area contributed by atoms with Gasteiger partial charge in [-0.25, -0.2) is 4.98 Å². The van der Waals surface area contributed by atoms with Crippen LogP contribution < -0.4 is 5.73 Å². The Morgan fingerprint density at radius 2 is 2.19 bits per heavy atom. The first-order chi connectivity index (χ1) is 9.93. The molecule has 0 aliphatic rings. The van der Waals surface area contributed by atoms with Crippen LogP contribution in [0.1, 0.15) is 34.0 Å². The molecule has 1 aromatic heterocycles. The predicted molar refractivity (Wildman–Crippen MR) is 87.0 cm³/mol. The standard InChI is InChI=1S/C14H15Cl2N3OS/c1-8(10-4-3-9(15)5-11(10)16)19(2)14(20)12-7-21-13(6-17)18-12/h3-5,7-8H,6,17H2,1-2H3/t8-/m0/s1. The summed E-state index contributed by atoms with van der Waals surface area (Å²) in [5.74, 6) is -0.163. The summed E-state index contributed by atoms with van der Waals surface area (Å²) in [7, 11) is 1.72.